The van der Waals surface area contributed by atoms with Gasteiger partial charge in [0, 0.05) is 43.2 Å². The molecule has 2 rings (SSSR count). The number of aliphatic imine (C=N–C) groups is 1. The van der Waals surface area contributed by atoms with Gasteiger partial charge in [-0.15, -0.1) is 0 Å². The molecular formula is C19H30BrN3O. The maximum Gasteiger partial charge on any atom is 0.191 e. The highest BCUT2D eigenvalue weighted by atomic mass is 79.9. The maximum atomic E-state index is 5.36. The highest BCUT2D eigenvalue weighted by molar-refractivity contribution is 9.10. The van der Waals surface area contributed by atoms with Crippen LogP contribution in [0.1, 0.15) is 44.6 Å². The van der Waals surface area contributed by atoms with Gasteiger partial charge < -0.3 is 15.4 Å². The minimum atomic E-state index is 0.257. The lowest BCUT2D eigenvalue weighted by atomic mass is 9.64. The molecule has 1 aromatic carbocycles. The molecule has 0 spiro atoms. The van der Waals surface area contributed by atoms with Crippen LogP contribution in [0.5, 0.6) is 0 Å². The Hall–Kier alpha value is -1.07. The molecule has 0 aromatic heterocycles. The summed E-state index contributed by atoms with van der Waals surface area (Å²) in [6.07, 6.45) is 5.97. The summed E-state index contributed by atoms with van der Waals surface area (Å²) < 4.78 is 6.50. The van der Waals surface area contributed by atoms with E-state index in [9.17, 15) is 0 Å². The molecule has 1 fully saturated rings. The number of rotatable bonds is 9. The van der Waals surface area contributed by atoms with Crippen LogP contribution in [-0.4, -0.2) is 39.3 Å². The van der Waals surface area contributed by atoms with Crippen LogP contribution in [0.2, 0.25) is 0 Å². The van der Waals surface area contributed by atoms with E-state index in [1.54, 1.807) is 0 Å². The molecule has 0 unspecified atom stereocenters. The summed E-state index contributed by atoms with van der Waals surface area (Å²) >= 11 is 3.52. The largest absolute Gasteiger partial charge is 0.382 e. The Morgan fingerprint density at radius 3 is 2.54 bits per heavy atom. The first-order valence-corrected chi connectivity index (χ1v) is 9.78. The molecule has 0 amide bonds. The SMILES string of the molecule is CCOCCCCNC(=NC)NCC1(c2ccc(Br)cc2)CCC1. The van der Waals surface area contributed by atoms with Crippen molar-refractivity contribution in [2.45, 2.75) is 44.4 Å². The van der Waals surface area contributed by atoms with Gasteiger partial charge in [0.15, 0.2) is 5.96 Å². The van der Waals surface area contributed by atoms with Gasteiger partial charge in [-0.25, -0.2) is 0 Å². The average molecular weight is 396 g/mol. The number of nitrogens with zero attached hydrogens (tertiary/aromatic N) is 1. The predicted molar refractivity (Wildman–Crippen MR) is 105 cm³/mol. The highest BCUT2D eigenvalue weighted by Crippen LogP contribution is 2.43. The first-order valence-electron chi connectivity index (χ1n) is 8.98. The fourth-order valence-corrected chi connectivity index (χ4v) is 3.39. The summed E-state index contributed by atoms with van der Waals surface area (Å²) in [5.41, 5.74) is 1.68. The second-order valence-electron chi connectivity index (χ2n) is 6.40. The Labute approximate surface area is 154 Å². The molecule has 0 saturated heterocycles. The van der Waals surface area contributed by atoms with Crippen molar-refractivity contribution in [2.24, 2.45) is 4.99 Å². The normalized spacial score (nSPS) is 16.5. The predicted octanol–water partition coefficient (Wildman–Crippen LogP) is 3.85. The van der Waals surface area contributed by atoms with Crippen LogP contribution in [0.25, 0.3) is 0 Å². The molecule has 1 aromatic rings. The van der Waals surface area contributed by atoms with Gasteiger partial charge in [0.05, 0.1) is 0 Å². The van der Waals surface area contributed by atoms with Gasteiger partial charge in [-0.1, -0.05) is 34.5 Å². The van der Waals surface area contributed by atoms with Gasteiger partial charge in [-0.2, -0.15) is 0 Å². The molecule has 134 valence electrons. The summed E-state index contributed by atoms with van der Waals surface area (Å²) in [5, 5.41) is 6.93. The van der Waals surface area contributed by atoms with E-state index < -0.39 is 0 Å². The van der Waals surface area contributed by atoms with Crippen LogP contribution in [-0.2, 0) is 10.2 Å². The van der Waals surface area contributed by atoms with Gasteiger partial charge in [-0.3, -0.25) is 4.99 Å². The third kappa shape index (κ3) is 5.49. The molecule has 0 bridgehead atoms. The number of halogens is 1. The summed E-state index contributed by atoms with van der Waals surface area (Å²) in [5.74, 6) is 0.898. The van der Waals surface area contributed by atoms with Crippen LogP contribution in [0.4, 0.5) is 0 Å². The molecule has 0 radical (unpaired) electrons. The van der Waals surface area contributed by atoms with E-state index in [1.807, 2.05) is 14.0 Å². The lowest BCUT2D eigenvalue weighted by Gasteiger charge is -2.43. The van der Waals surface area contributed by atoms with Crippen LogP contribution in [0.15, 0.2) is 33.7 Å². The second-order valence-corrected chi connectivity index (χ2v) is 7.31. The molecule has 0 heterocycles. The quantitative estimate of drug-likeness (QED) is 0.379. The van der Waals surface area contributed by atoms with Crippen LogP contribution in [0, 0.1) is 0 Å². The third-order valence-corrected chi connectivity index (χ3v) is 5.33. The van der Waals surface area contributed by atoms with E-state index in [-0.39, 0.29) is 5.41 Å². The topological polar surface area (TPSA) is 45.6 Å². The maximum absolute atomic E-state index is 5.36. The summed E-state index contributed by atoms with van der Waals surface area (Å²) in [6.45, 7) is 5.54. The fraction of sp³-hybridized carbons (Fsp3) is 0.632. The molecule has 0 aliphatic heterocycles. The van der Waals surface area contributed by atoms with Gasteiger partial charge in [0.2, 0.25) is 0 Å². The zero-order valence-corrected chi connectivity index (χ0v) is 16.5. The molecule has 2 N–H and O–H groups in total. The van der Waals surface area contributed by atoms with E-state index in [0.717, 1.165) is 49.6 Å². The summed E-state index contributed by atoms with van der Waals surface area (Å²) in [7, 11) is 1.84. The zero-order chi connectivity index (χ0) is 17.3. The third-order valence-electron chi connectivity index (χ3n) is 4.80. The number of hydrogen-bond acceptors (Lipinski definition) is 2. The van der Waals surface area contributed by atoms with Crippen LogP contribution >= 0.6 is 15.9 Å². The summed E-state index contributed by atoms with van der Waals surface area (Å²) in [4.78, 5) is 4.35. The van der Waals surface area contributed by atoms with E-state index >= 15 is 0 Å². The van der Waals surface area contributed by atoms with Gasteiger partial charge >= 0.3 is 0 Å². The van der Waals surface area contributed by atoms with Crippen molar-refractivity contribution in [2.75, 3.05) is 33.4 Å². The molecule has 1 saturated carbocycles. The van der Waals surface area contributed by atoms with E-state index in [4.69, 9.17) is 4.74 Å². The van der Waals surface area contributed by atoms with Crippen LogP contribution in [0.3, 0.4) is 0 Å². The molecule has 1 aliphatic rings. The first-order chi connectivity index (χ1) is 11.7. The Kier molecular flexibility index (Phi) is 8.06. The number of benzene rings is 1. The van der Waals surface area contributed by atoms with Crippen molar-refractivity contribution < 1.29 is 4.74 Å². The molecule has 24 heavy (non-hydrogen) atoms. The molecule has 1 aliphatic carbocycles. The number of hydrogen-bond donors (Lipinski definition) is 2. The zero-order valence-electron chi connectivity index (χ0n) is 14.9. The van der Waals surface area contributed by atoms with Crippen molar-refractivity contribution in [3.8, 4) is 0 Å². The summed E-state index contributed by atoms with van der Waals surface area (Å²) in [6, 6.07) is 8.77. The highest BCUT2D eigenvalue weighted by Gasteiger charge is 2.38. The van der Waals surface area contributed by atoms with Crippen LogP contribution < -0.4 is 10.6 Å². The smallest absolute Gasteiger partial charge is 0.191 e. The van der Waals surface area contributed by atoms with Crippen molar-refractivity contribution in [3.05, 3.63) is 34.3 Å². The van der Waals surface area contributed by atoms with Gasteiger partial charge in [0.25, 0.3) is 0 Å². The fourth-order valence-electron chi connectivity index (χ4n) is 3.13. The van der Waals surface area contributed by atoms with Gasteiger partial charge in [-0.05, 0) is 50.3 Å². The monoisotopic (exact) mass is 395 g/mol. The number of nitrogens with one attached hydrogen (secondary N) is 2. The Balaban J connectivity index is 1.78. The van der Waals surface area contributed by atoms with Crippen molar-refractivity contribution in [3.63, 3.8) is 0 Å². The van der Waals surface area contributed by atoms with E-state index in [2.05, 4.69) is 55.8 Å². The average Bonchev–Trinajstić information content (AvgIpc) is 2.56. The van der Waals surface area contributed by atoms with Crippen molar-refractivity contribution in [1.29, 1.82) is 0 Å². The molecular weight excluding hydrogens is 366 g/mol. The standard InChI is InChI=1S/C19H30BrN3O/c1-3-24-14-5-4-13-22-18(21-2)23-15-19(11-6-12-19)16-7-9-17(20)10-8-16/h7-10H,3-6,11-15H2,1-2H3,(H2,21,22,23). The van der Waals surface area contributed by atoms with E-state index in [1.165, 1.54) is 24.8 Å². The lowest BCUT2D eigenvalue weighted by Crippen LogP contribution is -2.49. The Bertz CT molecular complexity index is 512. The molecule has 0 atom stereocenters. The van der Waals surface area contributed by atoms with Crippen molar-refractivity contribution in [1.82, 2.24) is 10.6 Å². The number of ether oxygens (including phenoxy) is 1. The first kappa shape index (κ1) is 19.3. The Morgan fingerprint density at radius 2 is 1.96 bits per heavy atom. The Morgan fingerprint density at radius 1 is 1.21 bits per heavy atom. The minimum Gasteiger partial charge on any atom is -0.382 e. The second kappa shape index (κ2) is 10.0. The van der Waals surface area contributed by atoms with Gasteiger partial charge in [0.1, 0.15) is 0 Å². The minimum absolute atomic E-state index is 0.257. The van der Waals surface area contributed by atoms with E-state index in [0.29, 0.717) is 0 Å². The molecule has 4 nitrogen and oxygen atoms in total. The lowest BCUT2D eigenvalue weighted by molar-refractivity contribution is 0.143. The molecule has 5 heteroatoms. The number of unbranched alkanes of at least 4 members (excludes halogenated alkanes) is 1. The van der Waals surface area contributed by atoms with Crippen molar-refractivity contribution >= 4 is 21.9 Å². The number of guanidine groups is 1.